The maximum Gasteiger partial charge on any atom is 0.415 e. The fourth-order valence-electron chi connectivity index (χ4n) is 4.32. The summed E-state index contributed by atoms with van der Waals surface area (Å²) in [6.45, 7) is 10.1. The van der Waals surface area contributed by atoms with Crippen LogP contribution in [0.4, 0.5) is 4.79 Å². The fraction of sp³-hybridized carbons (Fsp3) is 0.250. The normalized spacial score (nSPS) is 11.1. The summed E-state index contributed by atoms with van der Waals surface area (Å²) in [6.07, 6.45) is 1.79. The minimum absolute atomic E-state index is 0.320. The quantitative estimate of drug-likeness (QED) is 0.271. The lowest BCUT2D eigenvalue weighted by Crippen LogP contribution is -2.33. The van der Waals surface area contributed by atoms with Crippen molar-refractivity contribution in [3.8, 4) is 16.9 Å². The van der Waals surface area contributed by atoms with E-state index in [2.05, 4.69) is 89.1 Å². The largest absolute Gasteiger partial charge is 0.415 e. The fourth-order valence-corrected chi connectivity index (χ4v) is 4.58. The number of carbonyl (C=O) groups is 1. The SMILES string of the molecule is CCN(CC)C(=O)Oc1ccc2c(ccn2Cc2ccc(Br)cc2)c1-c1cc(C)cc(C)c1. The first-order valence-corrected chi connectivity index (χ1v) is 12.1. The number of aromatic nitrogens is 1. The Hall–Kier alpha value is -3.05. The first kappa shape index (κ1) is 23.1. The van der Waals surface area contributed by atoms with Crippen molar-refractivity contribution in [2.24, 2.45) is 0 Å². The van der Waals surface area contributed by atoms with E-state index >= 15 is 0 Å². The molecule has 0 N–H and O–H groups in total. The Balaban J connectivity index is 1.83. The van der Waals surface area contributed by atoms with Gasteiger partial charge in [0.1, 0.15) is 5.75 Å². The summed E-state index contributed by atoms with van der Waals surface area (Å²) in [7, 11) is 0. The zero-order chi connectivity index (χ0) is 23.5. The number of hydrogen-bond acceptors (Lipinski definition) is 2. The van der Waals surface area contributed by atoms with Crippen LogP contribution in [0.25, 0.3) is 22.0 Å². The van der Waals surface area contributed by atoms with Crippen LogP contribution in [0.3, 0.4) is 0 Å². The Morgan fingerprint density at radius 3 is 2.24 bits per heavy atom. The maximum absolute atomic E-state index is 12.8. The molecule has 0 aliphatic carbocycles. The Labute approximate surface area is 203 Å². The molecule has 170 valence electrons. The van der Waals surface area contributed by atoms with Crippen LogP contribution in [-0.2, 0) is 6.54 Å². The lowest BCUT2D eigenvalue weighted by atomic mass is 9.97. The summed E-state index contributed by atoms with van der Waals surface area (Å²) in [5, 5.41) is 1.07. The highest BCUT2D eigenvalue weighted by Gasteiger charge is 2.19. The van der Waals surface area contributed by atoms with Crippen molar-refractivity contribution in [3.05, 3.63) is 88.0 Å². The Morgan fingerprint density at radius 1 is 0.939 bits per heavy atom. The number of nitrogens with zero attached hydrogens (tertiary/aromatic N) is 2. The van der Waals surface area contributed by atoms with E-state index in [0.29, 0.717) is 18.8 Å². The molecule has 4 nitrogen and oxygen atoms in total. The first-order chi connectivity index (χ1) is 15.9. The number of hydrogen-bond donors (Lipinski definition) is 0. The molecule has 1 heterocycles. The molecule has 0 saturated carbocycles. The molecule has 0 spiro atoms. The molecule has 0 atom stereocenters. The van der Waals surface area contributed by atoms with Gasteiger partial charge in [0, 0.05) is 46.8 Å². The van der Waals surface area contributed by atoms with Crippen LogP contribution in [0, 0.1) is 13.8 Å². The predicted molar refractivity (Wildman–Crippen MR) is 139 cm³/mol. The number of fused-ring (bicyclic) bond motifs is 1. The molecule has 0 aliphatic rings. The second-order valence-electron chi connectivity index (χ2n) is 8.36. The number of halogens is 1. The highest BCUT2D eigenvalue weighted by molar-refractivity contribution is 9.10. The molecule has 0 unspecified atom stereocenters. The number of amides is 1. The molecule has 0 radical (unpaired) electrons. The number of aryl methyl sites for hydroxylation is 2. The third-order valence-corrected chi connectivity index (χ3v) is 6.44. The Morgan fingerprint density at radius 2 is 1.61 bits per heavy atom. The summed E-state index contributed by atoms with van der Waals surface area (Å²) in [4.78, 5) is 14.5. The minimum Gasteiger partial charge on any atom is -0.410 e. The van der Waals surface area contributed by atoms with Gasteiger partial charge in [0.15, 0.2) is 0 Å². The summed E-state index contributed by atoms with van der Waals surface area (Å²) in [6, 6.07) is 20.9. The van der Waals surface area contributed by atoms with Gasteiger partial charge >= 0.3 is 6.09 Å². The van der Waals surface area contributed by atoms with Gasteiger partial charge in [-0.05, 0) is 69.2 Å². The molecule has 33 heavy (non-hydrogen) atoms. The highest BCUT2D eigenvalue weighted by Crippen LogP contribution is 2.39. The summed E-state index contributed by atoms with van der Waals surface area (Å²) in [5.41, 5.74) is 6.70. The molecule has 1 amide bonds. The number of rotatable bonds is 6. The molecule has 0 fully saturated rings. The monoisotopic (exact) mass is 504 g/mol. The van der Waals surface area contributed by atoms with Crippen molar-refractivity contribution in [2.45, 2.75) is 34.2 Å². The number of carbonyl (C=O) groups excluding carboxylic acids is 1. The molecule has 4 aromatic rings. The van der Waals surface area contributed by atoms with Gasteiger partial charge in [-0.2, -0.15) is 0 Å². The molecular formula is C28H29BrN2O2. The lowest BCUT2D eigenvalue weighted by molar-refractivity contribution is 0.157. The summed E-state index contributed by atoms with van der Waals surface area (Å²) < 4.78 is 9.25. The van der Waals surface area contributed by atoms with E-state index in [-0.39, 0.29) is 6.09 Å². The zero-order valence-corrected chi connectivity index (χ0v) is 21.1. The van der Waals surface area contributed by atoms with Crippen LogP contribution in [0.2, 0.25) is 0 Å². The van der Waals surface area contributed by atoms with Gasteiger partial charge in [-0.15, -0.1) is 0 Å². The van der Waals surface area contributed by atoms with Gasteiger partial charge in [-0.3, -0.25) is 0 Å². The average molecular weight is 505 g/mol. The van der Waals surface area contributed by atoms with Crippen molar-refractivity contribution >= 4 is 32.9 Å². The Kier molecular flexibility index (Phi) is 6.89. The van der Waals surface area contributed by atoms with Gasteiger partial charge in [0.05, 0.1) is 0 Å². The van der Waals surface area contributed by atoms with E-state index in [1.54, 1.807) is 4.90 Å². The number of ether oxygens (including phenoxy) is 1. The van der Waals surface area contributed by atoms with Crippen LogP contribution >= 0.6 is 15.9 Å². The van der Waals surface area contributed by atoms with E-state index in [1.165, 1.54) is 16.7 Å². The van der Waals surface area contributed by atoms with E-state index in [9.17, 15) is 4.79 Å². The minimum atomic E-state index is -0.320. The Bertz CT molecular complexity index is 1270. The van der Waals surface area contributed by atoms with Crippen molar-refractivity contribution in [2.75, 3.05) is 13.1 Å². The van der Waals surface area contributed by atoms with Crippen LogP contribution in [0.5, 0.6) is 5.75 Å². The molecule has 1 aromatic heterocycles. The zero-order valence-electron chi connectivity index (χ0n) is 19.6. The first-order valence-electron chi connectivity index (χ1n) is 11.3. The highest BCUT2D eigenvalue weighted by atomic mass is 79.9. The second-order valence-corrected chi connectivity index (χ2v) is 9.27. The average Bonchev–Trinajstić information content (AvgIpc) is 3.18. The topological polar surface area (TPSA) is 34.5 Å². The molecule has 0 aliphatic heterocycles. The van der Waals surface area contributed by atoms with E-state index in [0.717, 1.165) is 33.0 Å². The van der Waals surface area contributed by atoms with Crippen molar-refractivity contribution in [3.63, 3.8) is 0 Å². The van der Waals surface area contributed by atoms with Crippen molar-refractivity contribution in [1.29, 1.82) is 0 Å². The van der Waals surface area contributed by atoms with E-state index in [1.807, 2.05) is 26.0 Å². The van der Waals surface area contributed by atoms with Gasteiger partial charge in [-0.1, -0.05) is 57.4 Å². The smallest absolute Gasteiger partial charge is 0.410 e. The van der Waals surface area contributed by atoms with Crippen molar-refractivity contribution in [1.82, 2.24) is 9.47 Å². The molecular weight excluding hydrogens is 476 g/mol. The van der Waals surface area contributed by atoms with Gasteiger partial charge in [0.2, 0.25) is 0 Å². The number of benzene rings is 3. The molecule has 0 bridgehead atoms. The van der Waals surface area contributed by atoms with Gasteiger partial charge in [-0.25, -0.2) is 4.79 Å². The molecule has 4 rings (SSSR count). The van der Waals surface area contributed by atoms with Gasteiger partial charge in [0.25, 0.3) is 0 Å². The van der Waals surface area contributed by atoms with E-state index < -0.39 is 0 Å². The van der Waals surface area contributed by atoms with Crippen molar-refractivity contribution < 1.29 is 9.53 Å². The molecule has 0 saturated heterocycles. The third-order valence-electron chi connectivity index (χ3n) is 5.91. The third kappa shape index (κ3) is 4.98. The van der Waals surface area contributed by atoms with E-state index in [4.69, 9.17) is 4.74 Å². The van der Waals surface area contributed by atoms with Gasteiger partial charge < -0.3 is 14.2 Å². The van der Waals surface area contributed by atoms with Crippen LogP contribution < -0.4 is 4.74 Å². The van der Waals surface area contributed by atoms with Crippen LogP contribution in [-0.4, -0.2) is 28.6 Å². The van der Waals surface area contributed by atoms with Crippen LogP contribution in [0.15, 0.2) is 71.3 Å². The molecule has 5 heteroatoms. The summed E-state index contributed by atoms with van der Waals surface area (Å²) in [5.74, 6) is 0.589. The second kappa shape index (κ2) is 9.84. The summed E-state index contributed by atoms with van der Waals surface area (Å²) >= 11 is 3.51. The standard InChI is InChI=1S/C28H29BrN2O2/c1-5-30(6-2)28(32)33-26-12-11-25-24(27(26)22-16-19(3)15-20(4)17-22)13-14-31(25)18-21-7-9-23(29)10-8-21/h7-17H,5-6,18H2,1-4H3. The molecule has 3 aromatic carbocycles. The lowest BCUT2D eigenvalue weighted by Gasteiger charge is -2.20. The predicted octanol–water partition coefficient (Wildman–Crippen LogP) is 7.58. The maximum atomic E-state index is 12.8. The van der Waals surface area contributed by atoms with Crippen LogP contribution in [0.1, 0.15) is 30.5 Å².